The van der Waals surface area contributed by atoms with Crippen LogP contribution in [0.15, 0.2) is 70.8 Å². The number of nitrogens with zero attached hydrogens (tertiary/aromatic N) is 1. The molecule has 0 unspecified atom stereocenters. The Hall–Kier alpha value is -3.10. The van der Waals surface area contributed by atoms with Gasteiger partial charge in [0.05, 0.1) is 23.3 Å². The standard InChI is InChI=1S/C27H27Cl2N3O4/c28-22-9-7-20(17-23(22)29)25-10-8-21(36-25)18-24(31-26(33)19-5-2-1-3-6-19)27(34)30-11-4-12-32-13-15-35-16-14-32/h1-3,5-10,17-18H,4,11-16H2,(H,30,34)(H,31,33)/b24-18-. The molecule has 2 N–H and O–H groups in total. The molecule has 2 heterocycles. The Morgan fingerprint density at radius 1 is 0.972 bits per heavy atom. The molecular weight excluding hydrogens is 501 g/mol. The van der Waals surface area contributed by atoms with Crippen molar-refractivity contribution >= 4 is 41.1 Å². The Labute approximate surface area is 220 Å². The lowest BCUT2D eigenvalue weighted by atomic mass is 10.2. The molecule has 0 aliphatic carbocycles. The number of benzene rings is 2. The van der Waals surface area contributed by atoms with E-state index in [1.165, 1.54) is 6.08 Å². The number of furan rings is 1. The predicted octanol–water partition coefficient (Wildman–Crippen LogP) is 4.86. The first-order valence-corrected chi connectivity index (χ1v) is 12.5. The number of ether oxygens (including phenoxy) is 1. The van der Waals surface area contributed by atoms with Crippen LogP contribution < -0.4 is 10.6 Å². The Balaban J connectivity index is 1.47. The lowest BCUT2D eigenvalue weighted by Gasteiger charge is -2.26. The van der Waals surface area contributed by atoms with Crippen molar-refractivity contribution in [2.24, 2.45) is 0 Å². The average molecular weight is 528 g/mol. The van der Waals surface area contributed by atoms with Crippen LogP contribution in [0.2, 0.25) is 10.0 Å². The highest BCUT2D eigenvalue weighted by molar-refractivity contribution is 6.42. The van der Waals surface area contributed by atoms with Gasteiger partial charge in [-0.2, -0.15) is 0 Å². The molecule has 1 aliphatic rings. The molecule has 0 bridgehead atoms. The van der Waals surface area contributed by atoms with Crippen LogP contribution in [0.5, 0.6) is 0 Å². The monoisotopic (exact) mass is 527 g/mol. The molecule has 0 atom stereocenters. The lowest BCUT2D eigenvalue weighted by molar-refractivity contribution is -0.117. The van der Waals surface area contributed by atoms with E-state index >= 15 is 0 Å². The first-order valence-electron chi connectivity index (χ1n) is 11.7. The zero-order chi connectivity index (χ0) is 25.3. The zero-order valence-electron chi connectivity index (χ0n) is 19.6. The Bertz CT molecular complexity index is 1220. The maximum Gasteiger partial charge on any atom is 0.267 e. The van der Waals surface area contributed by atoms with Gasteiger partial charge in [-0.1, -0.05) is 41.4 Å². The molecule has 9 heteroatoms. The van der Waals surface area contributed by atoms with Gasteiger partial charge in [0.1, 0.15) is 17.2 Å². The third-order valence-corrected chi connectivity index (χ3v) is 6.43. The molecule has 7 nitrogen and oxygen atoms in total. The Morgan fingerprint density at radius 2 is 1.75 bits per heavy atom. The smallest absolute Gasteiger partial charge is 0.267 e. The fourth-order valence-corrected chi connectivity index (χ4v) is 4.04. The Kier molecular flexibility index (Phi) is 9.19. The van der Waals surface area contributed by atoms with Crippen LogP contribution in [-0.2, 0) is 9.53 Å². The lowest BCUT2D eigenvalue weighted by Crippen LogP contribution is -2.39. The number of hydrogen-bond acceptors (Lipinski definition) is 5. The number of carbonyl (C=O) groups is 2. The van der Waals surface area contributed by atoms with Crippen LogP contribution in [0.1, 0.15) is 22.5 Å². The van der Waals surface area contributed by atoms with E-state index in [1.807, 2.05) is 6.07 Å². The third-order valence-electron chi connectivity index (χ3n) is 5.69. The number of amides is 2. The highest BCUT2D eigenvalue weighted by atomic mass is 35.5. The molecule has 0 saturated carbocycles. The summed E-state index contributed by atoms with van der Waals surface area (Å²) in [6.45, 7) is 4.60. The van der Waals surface area contributed by atoms with E-state index in [4.69, 9.17) is 32.4 Å². The van der Waals surface area contributed by atoms with E-state index in [1.54, 1.807) is 54.6 Å². The van der Waals surface area contributed by atoms with E-state index in [2.05, 4.69) is 15.5 Å². The summed E-state index contributed by atoms with van der Waals surface area (Å²) in [6.07, 6.45) is 2.30. The first-order chi connectivity index (χ1) is 17.5. The molecule has 2 aromatic carbocycles. The number of morpholine rings is 1. The van der Waals surface area contributed by atoms with Crippen molar-refractivity contribution in [2.75, 3.05) is 39.4 Å². The minimum absolute atomic E-state index is 0.0882. The number of hydrogen-bond donors (Lipinski definition) is 2. The van der Waals surface area contributed by atoms with Gasteiger partial charge >= 0.3 is 0 Å². The maximum atomic E-state index is 13.0. The summed E-state index contributed by atoms with van der Waals surface area (Å²) in [5, 5.41) is 6.48. The summed E-state index contributed by atoms with van der Waals surface area (Å²) in [7, 11) is 0. The fraction of sp³-hybridized carbons (Fsp3) is 0.259. The number of nitrogens with one attached hydrogen (secondary N) is 2. The van der Waals surface area contributed by atoms with Gasteiger partial charge < -0.3 is 19.8 Å². The second kappa shape index (κ2) is 12.7. The van der Waals surface area contributed by atoms with Gasteiger partial charge in [0.25, 0.3) is 11.8 Å². The number of halogens is 2. The summed E-state index contributed by atoms with van der Waals surface area (Å²) >= 11 is 12.1. The van der Waals surface area contributed by atoms with Crippen molar-refractivity contribution in [1.29, 1.82) is 0 Å². The SMILES string of the molecule is O=C(NCCCN1CCOCC1)/C(=C/c1ccc(-c2ccc(Cl)c(Cl)c2)o1)NC(=O)c1ccccc1. The van der Waals surface area contributed by atoms with Crippen molar-refractivity contribution < 1.29 is 18.7 Å². The minimum atomic E-state index is -0.395. The topological polar surface area (TPSA) is 83.8 Å². The van der Waals surface area contributed by atoms with Crippen LogP contribution in [0.25, 0.3) is 17.4 Å². The predicted molar refractivity (Wildman–Crippen MR) is 141 cm³/mol. The molecule has 188 valence electrons. The third kappa shape index (κ3) is 7.21. The molecule has 1 saturated heterocycles. The van der Waals surface area contributed by atoms with E-state index < -0.39 is 5.91 Å². The van der Waals surface area contributed by atoms with Crippen molar-refractivity contribution in [3.8, 4) is 11.3 Å². The summed E-state index contributed by atoms with van der Waals surface area (Å²) in [6, 6.07) is 17.4. The second-order valence-electron chi connectivity index (χ2n) is 8.27. The van der Waals surface area contributed by atoms with Crippen LogP contribution in [0.3, 0.4) is 0 Å². The molecular formula is C27H27Cl2N3O4. The summed E-state index contributed by atoms with van der Waals surface area (Å²) in [5.41, 5.74) is 1.27. The molecule has 36 heavy (non-hydrogen) atoms. The number of carbonyl (C=O) groups excluding carboxylic acids is 2. The average Bonchev–Trinajstić information content (AvgIpc) is 3.37. The maximum absolute atomic E-state index is 13.0. The molecule has 2 amide bonds. The van der Waals surface area contributed by atoms with E-state index in [9.17, 15) is 9.59 Å². The van der Waals surface area contributed by atoms with Crippen LogP contribution in [0, 0.1) is 0 Å². The summed E-state index contributed by atoms with van der Waals surface area (Å²) in [4.78, 5) is 28.1. The second-order valence-corrected chi connectivity index (χ2v) is 9.09. The molecule has 1 aliphatic heterocycles. The van der Waals surface area contributed by atoms with Crippen LogP contribution in [0.4, 0.5) is 0 Å². The normalized spacial score (nSPS) is 14.4. The van der Waals surface area contributed by atoms with Gasteiger partial charge in [-0.15, -0.1) is 0 Å². The largest absolute Gasteiger partial charge is 0.457 e. The van der Waals surface area contributed by atoms with Gasteiger partial charge in [0.2, 0.25) is 0 Å². The first kappa shape index (κ1) is 26.0. The van der Waals surface area contributed by atoms with E-state index in [0.29, 0.717) is 33.7 Å². The van der Waals surface area contributed by atoms with Gasteiger partial charge in [-0.25, -0.2) is 0 Å². The Morgan fingerprint density at radius 3 is 2.50 bits per heavy atom. The summed E-state index contributed by atoms with van der Waals surface area (Å²) in [5.74, 6) is 0.178. The highest BCUT2D eigenvalue weighted by Crippen LogP contribution is 2.30. The van der Waals surface area contributed by atoms with Crippen LogP contribution >= 0.6 is 23.2 Å². The molecule has 4 rings (SSSR count). The summed E-state index contributed by atoms with van der Waals surface area (Å²) < 4.78 is 11.3. The van der Waals surface area contributed by atoms with Crippen molar-refractivity contribution in [3.63, 3.8) is 0 Å². The number of rotatable bonds is 9. The van der Waals surface area contributed by atoms with E-state index in [-0.39, 0.29) is 11.6 Å². The molecule has 0 radical (unpaired) electrons. The quantitative estimate of drug-likeness (QED) is 0.306. The molecule has 3 aromatic rings. The van der Waals surface area contributed by atoms with Gasteiger partial charge in [0.15, 0.2) is 0 Å². The van der Waals surface area contributed by atoms with Crippen molar-refractivity contribution in [1.82, 2.24) is 15.5 Å². The van der Waals surface area contributed by atoms with Gasteiger partial charge in [-0.3, -0.25) is 14.5 Å². The zero-order valence-corrected chi connectivity index (χ0v) is 21.1. The highest BCUT2D eigenvalue weighted by Gasteiger charge is 2.16. The van der Waals surface area contributed by atoms with E-state index in [0.717, 1.165) is 44.8 Å². The van der Waals surface area contributed by atoms with Gasteiger partial charge in [0, 0.05) is 36.8 Å². The molecule has 1 fully saturated rings. The fourth-order valence-electron chi connectivity index (χ4n) is 3.74. The van der Waals surface area contributed by atoms with Crippen molar-refractivity contribution in [2.45, 2.75) is 6.42 Å². The minimum Gasteiger partial charge on any atom is -0.457 e. The van der Waals surface area contributed by atoms with Crippen molar-refractivity contribution in [3.05, 3.63) is 87.7 Å². The molecule has 1 aromatic heterocycles. The van der Waals surface area contributed by atoms with Crippen LogP contribution in [-0.4, -0.2) is 56.1 Å². The molecule has 0 spiro atoms. The van der Waals surface area contributed by atoms with Gasteiger partial charge in [-0.05, 0) is 55.4 Å².